The highest BCUT2D eigenvalue weighted by molar-refractivity contribution is 5.72. The van der Waals surface area contributed by atoms with Gasteiger partial charge in [-0.15, -0.1) is 0 Å². The first-order chi connectivity index (χ1) is 11.7. The van der Waals surface area contributed by atoms with Gasteiger partial charge in [-0.05, 0) is 83.5 Å². The molecule has 0 aromatic rings. The molecule has 0 radical (unpaired) electrons. The van der Waals surface area contributed by atoms with E-state index < -0.39 is 0 Å². The van der Waals surface area contributed by atoms with Gasteiger partial charge >= 0.3 is 0 Å². The number of aliphatic imine (C=N–C) groups is 1. The van der Waals surface area contributed by atoms with Gasteiger partial charge in [0.25, 0.3) is 0 Å². The molecule has 126 valence electrons. The highest BCUT2D eigenvalue weighted by atomic mass is 14.8. The molecule has 24 heavy (non-hydrogen) atoms. The van der Waals surface area contributed by atoms with Crippen LogP contribution in [0.15, 0.2) is 28.8 Å². The number of nitrogens with zero attached hydrogens (tertiary/aromatic N) is 1. The Morgan fingerprint density at radius 2 is 1.83 bits per heavy atom. The quantitative estimate of drug-likeness (QED) is 0.633. The predicted molar refractivity (Wildman–Crippen MR) is 96.5 cm³/mol. The van der Waals surface area contributed by atoms with Crippen LogP contribution in [0.25, 0.3) is 0 Å². The lowest BCUT2D eigenvalue weighted by Gasteiger charge is -2.71. The minimum atomic E-state index is 0.449. The van der Waals surface area contributed by atoms with Crippen LogP contribution in [0, 0.1) is 76.4 Å². The summed E-state index contributed by atoms with van der Waals surface area (Å²) >= 11 is 0. The maximum atomic E-state index is 4.48. The van der Waals surface area contributed by atoms with E-state index in [9.17, 15) is 0 Å². The Balaban J connectivity index is 1.36. The Bertz CT molecular complexity index is 730. The molecule has 4 bridgehead atoms. The Morgan fingerprint density at radius 1 is 1.00 bits per heavy atom. The fourth-order valence-electron chi connectivity index (χ4n) is 9.88. The van der Waals surface area contributed by atoms with Gasteiger partial charge in [-0.2, -0.15) is 0 Å². The third-order valence-electron chi connectivity index (χ3n) is 10.5. The van der Waals surface area contributed by atoms with Crippen molar-refractivity contribution in [2.24, 2.45) is 81.4 Å². The van der Waals surface area contributed by atoms with Gasteiger partial charge in [-0.25, -0.2) is 0 Å². The number of hydrogen-bond acceptors (Lipinski definition) is 1. The summed E-state index contributed by atoms with van der Waals surface area (Å²) in [5.41, 5.74) is 2.06. The third-order valence-corrected chi connectivity index (χ3v) is 10.5. The van der Waals surface area contributed by atoms with Crippen LogP contribution in [0.5, 0.6) is 0 Å². The molecule has 0 N–H and O–H groups in total. The molecular weight excluding hydrogens is 290 g/mol. The third kappa shape index (κ3) is 1.08. The van der Waals surface area contributed by atoms with E-state index in [1.54, 1.807) is 18.4 Å². The standard InChI is InChI=1S/C23H29N/c1-10-6-15-17(10)18-13-7-14(11(13)2)21-20(19(15)18)22-16(9-24-3)12-4-5-23(21,22)8-12/h4-5,8-11,13-22H,6-7H2,1-3H3/t10-,11?,13?,14?,15?,16?,17?,18?,19?,20?,21?,22?,23?/m0/s1. The molecule has 0 aromatic carbocycles. The van der Waals surface area contributed by atoms with E-state index in [0.717, 1.165) is 65.1 Å². The first-order valence-corrected chi connectivity index (χ1v) is 10.5. The molecule has 6 saturated carbocycles. The molecule has 1 heteroatoms. The predicted octanol–water partition coefficient (Wildman–Crippen LogP) is 4.47. The molecule has 12 unspecified atom stereocenters. The van der Waals surface area contributed by atoms with Crippen molar-refractivity contribution in [3.63, 3.8) is 0 Å². The van der Waals surface area contributed by atoms with Gasteiger partial charge in [0, 0.05) is 24.6 Å². The zero-order chi connectivity index (χ0) is 16.0. The van der Waals surface area contributed by atoms with E-state index in [1.807, 2.05) is 7.05 Å². The lowest BCUT2D eigenvalue weighted by atomic mass is 9.33. The average Bonchev–Trinajstić information content (AvgIpc) is 3.05. The first-order valence-electron chi connectivity index (χ1n) is 10.5. The Labute approximate surface area is 145 Å². The van der Waals surface area contributed by atoms with Crippen molar-refractivity contribution in [3.05, 3.63) is 23.8 Å². The second-order valence-corrected chi connectivity index (χ2v) is 10.6. The number of hydrogen-bond donors (Lipinski definition) is 0. The van der Waals surface area contributed by atoms with Gasteiger partial charge in [-0.3, -0.25) is 0 Å². The SMILES string of the molecule is CN=CC1C2=CC3(C=C2)C1C1C2C4C[C@H](C)C4C2C2CC(C2C)C13. The summed E-state index contributed by atoms with van der Waals surface area (Å²) in [5, 5.41) is 0. The molecule has 8 aliphatic carbocycles. The van der Waals surface area contributed by atoms with E-state index in [0.29, 0.717) is 11.3 Å². The number of rotatable bonds is 1. The Kier molecular flexibility index (Phi) is 2.11. The van der Waals surface area contributed by atoms with Crippen molar-refractivity contribution in [3.8, 4) is 0 Å². The lowest BCUT2D eigenvalue weighted by molar-refractivity contribution is -0.228. The van der Waals surface area contributed by atoms with E-state index in [2.05, 4.69) is 43.3 Å². The molecule has 8 rings (SSSR count). The van der Waals surface area contributed by atoms with Gasteiger partial charge < -0.3 is 4.99 Å². The monoisotopic (exact) mass is 319 g/mol. The summed E-state index contributed by atoms with van der Waals surface area (Å²) < 4.78 is 0. The smallest absolute Gasteiger partial charge is 0.0273 e. The van der Waals surface area contributed by atoms with E-state index >= 15 is 0 Å². The zero-order valence-electron chi connectivity index (χ0n) is 15.1. The van der Waals surface area contributed by atoms with Gasteiger partial charge in [0.05, 0.1) is 0 Å². The van der Waals surface area contributed by atoms with E-state index in [1.165, 1.54) is 0 Å². The van der Waals surface area contributed by atoms with Gasteiger partial charge in [0.1, 0.15) is 0 Å². The summed E-state index contributed by atoms with van der Waals surface area (Å²) in [6.45, 7) is 5.15. The van der Waals surface area contributed by atoms with Crippen LogP contribution in [0.4, 0.5) is 0 Å². The molecule has 0 aliphatic heterocycles. The van der Waals surface area contributed by atoms with Crippen LogP contribution in [-0.4, -0.2) is 13.3 Å². The second-order valence-electron chi connectivity index (χ2n) is 10.6. The van der Waals surface area contributed by atoms with Crippen LogP contribution in [-0.2, 0) is 0 Å². The topological polar surface area (TPSA) is 12.4 Å². The molecule has 6 fully saturated rings. The summed E-state index contributed by atoms with van der Waals surface area (Å²) in [6.07, 6.45) is 13.2. The zero-order valence-corrected chi connectivity index (χ0v) is 15.1. The van der Waals surface area contributed by atoms with Crippen molar-refractivity contribution in [2.45, 2.75) is 26.7 Å². The summed E-state index contributed by atoms with van der Waals surface area (Å²) in [7, 11) is 1.97. The van der Waals surface area contributed by atoms with Crippen LogP contribution in [0.3, 0.4) is 0 Å². The van der Waals surface area contributed by atoms with Crippen molar-refractivity contribution in [2.75, 3.05) is 7.05 Å². The van der Waals surface area contributed by atoms with Crippen LogP contribution in [0.2, 0.25) is 0 Å². The highest BCUT2D eigenvalue weighted by Gasteiger charge is 2.79. The van der Waals surface area contributed by atoms with Crippen molar-refractivity contribution >= 4 is 6.21 Å². The minimum Gasteiger partial charge on any atom is -0.300 e. The lowest BCUT2D eigenvalue weighted by Crippen LogP contribution is -2.67. The molecule has 0 aromatic heterocycles. The van der Waals surface area contributed by atoms with E-state index in [-0.39, 0.29) is 0 Å². The first kappa shape index (κ1) is 13.4. The van der Waals surface area contributed by atoms with Crippen LogP contribution in [0.1, 0.15) is 26.7 Å². The highest BCUT2D eigenvalue weighted by Crippen LogP contribution is 2.83. The van der Waals surface area contributed by atoms with Crippen molar-refractivity contribution < 1.29 is 0 Å². The molecule has 8 aliphatic rings. The average molecular weight is 319 g/mol. The number of fused-ring (bicyclic) bond motifs is 1. The van der Waals surface area contributed by atoms with E-state index in [4.69, 9.17) is 0 Å². The number of allylic oxidation sites excluding steroid dienone is 4. The summed E-state index contributed by atoms with van der Waals surface area (Å²) in [5.74, 6) is 12.1. The van der Waals surface area contributed by atoms with Crippen LogP contribution >= 0.6 is 0 Å². The minimum absolute atomic E-state index is 0.449. The molecule has 1 spiro atoms. The largest absolute Gasteiger partial charge is 0.300 e. The van der Waals surface area contributed by atoms with Crippen molar-refractivity contribution in [1.29, 1.82) is 0 Å². The maximum absolute atomic E-state index is 4.48. The second kappa shape index (κ2) is 3.79. The molecular formula is C23H29N. The summed E-state index contributed by atoms with van der Waals surface area (Å²) in [6, 6.07) is 0. The molecule has 0 heterocycles. The summed E-state index contributed by atoms with van der Waals surface area (Å²) in [4.78, 5) is 4.48. The van der Waals surface area contributed by atoms with Crippen LogP contribution < -0.4 is 0 Å². The maximum Gasteiger partial charge on any atom is 0.0273 e. The molecule has 0 saturated heterocycles. The van der Waals surface area contributed by atoms with Gasteiger partial charge in [0.15, 0.2) is 0 Å². The molecule has 1 nitrogen and oxygen atoms in total. The fraction of sp³-hybridized carbons (Fsp3) is 0.783. The normalized spacial score (nSPS) is 69.2. The van der Waals surface area contributed by atoms with Crippen molar-refractivity contribution in [1.82, 2.24) is 0 Å². The molecule has 0 amide bonds. The van der Waals surface area contributed by atoms with Gasteiger partial charge in [-0.1, -0.05) is 32.1 Å². The Hall–Kier alpha value is -0.850. The Morgan fingerprint density at radius 3 is 2.58 bits per heavy atom. The fourth-order valence-corrected chi connectivity index (χ4v) is 9.88. The molecule has 13 atom stereocenters. The van der Waals surface area contributed by atoms with Gasteiger partial charge in [0.2, 0.25) is 0 Å².